The van der Waals surface area contributed by atoms with Gasteiger partial charge in [0.15, 0.2) is 0 Å². The summed E-state index contributed by atoms with van der Waals surface area (Å²) in [5.41, 5.74) is 1.18. The smallest absolute Gasteiger partial charge is 0.123 e. The van der Waals surface area contributed by atoms with Gasteiger partial charge in [0.2, 0.25) is 0 Å². The fourth-order valence-electron chi connectivity index (χ4n) is 1.65. The van der Waals surface area contributed by atoms with Crippen LogP contribution in [0.2, 0.25) is 0 Å². The van der Waals surface area contributed by atoms with E-state index < -0.39 is 0 Å². The molecule has 3 nitrogen and oxygen atoms in total. The molecule has 0 heterocycles. The molecule has 0 atom stereocenters. The Bertz CT molecular complexity index is 350. The molecule has 0 bridgehead atoms. The first-order valence-corrected chi connectivity index (χ1v) is 7.27. The van der Waals surface area contributed by atoms with Gasteiger partial charge in [-0.2, -0.15) is 0 Å². The molecule has 0 aliphatic carbocycles. The Labute approximate surface area is 130 Å². The third-order valence-corrected chi connectivity index (χ3v) is 2.98. The Balaban J connectivity index is 0.00000324. The molecule has 0 fully saturated rings. The lowest BCUT2D eigenvalue weighted by atomic mass is 10.2. The molecule has 110 valence electrons. The Morgan fingerprint density at radius 2 is 2.00 bits per heavy atom. The van der Waals surface area contributed by atoms with Crippen molar-refractivity contribution in [1.29, 1.82) is 0 Å². The van der Waals surface area contributed by atoms with Gasteiger partial charge in [0.25, 0.3) is 0 Å². The molecule has 1 N–H and O–H groups in total. The van der Waals surface area contributed by atoms with Gasteiger partial charge < -0.3 is 14.8 Å². The minimum absolute atomic E-state index is 0. The predicted molar refractivity (Wildman–Crippen MR) is 85.4 cm³/mol. The van der Waals surface area contributed by atoms with Crippen LogP contribution in [-0.2, 0) is 11.3 Å². The van der Waals surface area contributed by atoms with Crippen molar-refractivity contribution in [3.8, 4) is 5.75 Å². The van der Waals surface area contributed by atoms with Crippen molar-refractivity contribution in [3.05, 3.63) is 28.2 Å². The van der Waals surface area contributed by atoms with Gasteiger partial charge in [0.05, 0.1) is 6.61 Å². The molecule has 0 saturated heterocycles. The molecule has 0 aliphatic rings. The lowest BCUT2D eigenvalue weighted by Crippen LogP contribution is -2.17. The fraction of sp³-hybridized carbons (Fsp3) is 0.571. The van der Waals surface area contributed by atoms with E-state index in [1.165, 1.54) is 5.56 Å². The van der Waals surface area contributed by atoms with Crippen LogP contribution >= 0.6 is 28.3 Å². The quantitative estimate of drug-likeness (QED) is 0.686. The second kappa shape index (κ2) is 11.5. The molecule has 1 aromatic rings. The van der Waals surface area contributed by atoms with Crippen molar-refractivity contribution in [2.75, 3.05) is 26.4 Å². The van der Waals surface area contributed by atoms with Crippen molar-refractivity contribution < 1.29 is 9.47 Å². The first kappa shape index (κ1) is 18.7. The molecule has 5 heteroatoms. The van der Waals surface area contributed by atoms with E-state index in [0.717, 1.165) is 42.9 Å². The molecule has 19 heavy (non-hydrogen) atoms. The third-order valence-electron chi connectivity index (χ3n) is 2.48. The highest BCUT2D eigenvalue weighted by atomic mass is 79.9. The lowest BCUT2D eigenvalue weighted by molar-refractivity contribution is 0.144. The molecule has 0 amide bonds. The standard InChI is InChI=1S/C14H22BrNO2.ClH/c1-3-17-9-5-8-16-11-12-10-13(15)6-7-14(12)18-4-2;/h6-7,10,16H,3-5,8-9,11H2,1-2H3;1H. The van der Waals surface area contributed by atoms with Gasteiger partial charge >= 0.3 is 0 Å². The van der Waals surface area contributed by atoms with E-state index in [4.69, 9.17) is 9.47 Å². The second-order valence-corrected chi connectivity index (χ2v) is 4.83. The van der Waals surface area contributed by atoms with Crippen LogP contribution in [0.15, 0.2) is 22.7 Å². The first-order chi connectivity index (χ1) is 8.77. The van der Waals surface area contributed by atoms with Crippen LogP contribution in [0, 0.1) is 0 Å². The van der Waals surface area contributed by atoms with E-state index in [-0.39, 0.29) is 12.4 Å². The van der Waals surface area contributed by atoms with Crippen LogP contribution in [0.5, 0.6) is 5.75 Å². The van der Waals surface area contributed by atoms with Crippen molar-refractivity contribution in [2.45, 2.75) is 26.8 Å². The maximum absolute atomic E-state index is 5.60. The summed E-state index contributed by atoms with van der Waals surface area (Å²) < 4.78 is 12.0. The summed E-state index contributed by atoms with van der Waals surface area (Å²) in [6.07, 6.45) is 1.03. The molecule has 0 aliphatic heterocycles. The number of halogens is 2. The van der Waals surface area contributed by atoms with Gasteiger partial charge in [0.1, 0.15) is 5.75 Å². The minimum Gasteiger partial charge on any atom is -0.494 e. The predicted octanol–water partition coefficient (Wildman–Crippen LogP) is 3.79. The summed E-state index contributed by atoms with van der Waals surface area (Å²) in [6.45, 7) is 8.10. The number of nitrogens with one attached hydrogen (secondary N) is 1. The van der Waals surface area contributed by atoms with Crippen LogP contribution in [0.4, 0.5) is 0 Å². The van der Waals surface area contributed by atoms with E-state index >= 15 is 0 Å². The largest absolute Gasteiger partial charge is 0.494 e. The van der Waals surface area contributed by atoms with Gasteiger partial charge in [-0.3, -0.25) is 0 Å². The summed E-state index contributed by atoms with van der Waals surface area (Å²) in [7, 11) is 0. The number of benzene rings is 1. The monoisotopic (exact) mass is 351 g/mol. The molecular formula is C14H23BrClNO2. The lowest BCUT2D eigenvalue weighted by Gasteiger charge is -2.11. The summed E-state index contributed by atoms with van der Waals surface area (Å²) in [5, 5.41) is 3.41. The number of hydrogen-bond donors (Lipinski definition) is 1. The summed E-state index contributed by atoms with van der Waals surface area (Å²) in [4.78, 5) is 0. The van der Waals surface area contributed by atoms with Crippen LogP contribution < -0.4 is 10.1 Å². The number of rotatable bonds is 9. The van der Waals surface area contributed by atoms with Crippen molar-refractivity contribution in [3.63, 3.8) is 0 Å². The average molecular weight is 353 g/mol. The molecule has 1 rings (SSSR count). The van der Waals surface area contributed by atoms with Gasteiger partial charge in [-0.05, 0) is 45.0 Å². The highest BCUT2D eigenvalue weighted by Crippen LogP contribution is 2.23. The van der Waals surface area contributed by atoms with Crippen molar-refractivity contribution >= 4 is 28.3 Å². The van der Waals surface area contributed by atoms with E-state index in [9.17, 15) is 0 Å². The molecule has 0 unspecified atom stereocenters. The zero-order valence-electron chi connectivity index (χ0n) is 11.6. The zero-order valence-corrected chi connectivity index (χ0v) is 14.0. The Hall–Kier alpha value is -0.290. The maximum Gasteiger partial charge on any atom is 0.123 e. The molecule has 0 saturated carbocycles. The van der Waals surface area contributed by atoms with Crippen LogP contribution in [0.3, 0.4) is 0 Å². The molecule has 1 aromatic carbocycles. The third kappa shape index (κ3) is 7.78. The normalized spacial score (nSPS) is 10.1. The first-order valence-electron chi connectivity index (χ1n) is 6.47. The molecule has 0 spiro atoms. The molecular weight excluding hydrogens is 330 g/mol. The summed E-state index contributed by atoms with van der Waals surface area (Å²) >= 11 is 3.49. The summed E-state index contributed by atoms with van der Waals surface area (Å²) in [6, 6.07) is 6.11. The molecule has 0 radical (unpaired) electrons. The van der Waals surface area contributed by atoms with Crippen LogP contribution in [0.1, 0.15) is 25.8 Å². The van der Waals surface area contributed by atoms with Crippen molar-refractivity contribution in [2.24, 2.45) is 0 Å². The van der Waals surface area contributed by atoms with E-state index in [1.54, 1.807) is 0 Å². The molecule has 0 aromatic heterocycles. The van der Waals surface area contributed by atoms with Crippen LogP contribution in [-0.4, -0.2) is 26.4 Å². The Morgan fingerprint density at radius 1 is 1.21 bits per heavy atom. The van der Waals surface area contributed by atoms with Gasteiger partial charge in [-0.15, -0.1) is 12.4 Å². The highest BCUT2D eigenvalue weighted by Gasteiger charge is 2.03. The van der Waals surface area contributed by atoms with E-state index in [1.807, 2.05) is 26.0 Å². The maximum atomic E-state index is 5.60. The minimum atomic E-state index is 0. The van der Waals surface area contributed by atoms with Gasteiger partial charge in [-0.25, -0.2) is 0 Å². The second-order valence-electron chi connectivity index (χ2n) is 3.91. The SMILES string of the molecule is CCOCCCNCc1cc(Br)ccc1OCC.Cl. The average Bonchev–Trinajstić information content (AvgIpc) is 2.37. The van der Waals surface area contributed by atoms with E-state index in [0.29, 0.717) is 6.61 Å². The van der Waals surface area contributed by atoms with Gasteiger partial charge in [0, 0.05) is 29.8 Å². The number of hydrogen-bond acceptors (Lipinski definition) is 3. The highest BCUT2D eigenvalue weighted by molar-refractivity contribution is 9.10. The van der Waals surface area contributed by atoms with Gasteiger partial charge in [-0.1, -0.05) is 15.9 Å². The Kier molecular flexibility index (Phi) is 11.4. The number of ether oxygens (including phenoxy) is 2. The van der Waals surface area contributed by atoms with Crippen molar-refractivity contribution in [1.82, 2.24) is 5.32 Å². The Morgan fingerprint density at radius 3 is 2.68 bits per heavy atom. The topological polar surface area (TPSA) is 30.5 Å². The van der Waals surface area contributed by atoms with E-state index in [2.05, 4.69) is 27.3 Å². The zero-order chi connectivity index (χ0) is 13.2. The fourth-order valence-corrected chi connectivity index (χ4v) is 2.06. The van der Waals surface area contributed by atoms with Crippen LogP contribution in [0.25, 0.3) is 0 Å². The summed E-state index contributed by atoms with van der Waals surface area (Å²) in [5.74, 6) is 0.956.